The van der Waals surface area contributed by atoms with Gasteiger partial charge in [-0.05, 0) is 26.7 Å². The first kappa shape index (κ1) is 15.9. The van der Waals surface area contributed by atoms with Gasteiger partial charge < -0.3 is 15.5 Å². The normalized spacial score (nSPS) is 25.3. The van der Waals surface area contributed by atoms with Gasteiger partial charge in [0.2, 0.25) is 0 Å². The van der Waals surface area contributed by atoms with Crippen LogP contribution in [0.25, 0.3) is 0 Å². The summed E-state index contributed by atoms with van der Waals surface area (Å²) in [6.07, 6.45) is 1.10. The number of amides is 5. The number of hydrogen-bond donors (Lipinski definition) is 2. The maximum atomic E-state index is 12.2. The summed E-state index contributed by atoms with van der Waals surface area (Å²) < 4.78 is 0. The molecule has 2 rings (SSSR count). The van der Waals surface area contributed by atoms with Crippen molar-refractivity contribution in [3.8, 4) is 0 Å². The van der Waals surface area contributed by atoms with Crippen LogP contribution in [0.4, 0.5) is 9.59 Å². The summed E-state index contributed by atoms with van der Waals surface area (Å²) in [6.45, 7) is 4.47. The molecule has 8 heteroatoms. The lowest BCUT2D eigenvalue weighted by Gasteiger charge is -2.32. The Hall–Kier alpha value is -1.50. The van der Waals surface area contributed by atoms with Crippen molar-refractivity contribution in [1.82, 2.24) is 20.4 Å². The lowest BCUT2D eigenvalue weighted by Crippen LogP contribution is -2.52. The van der Waals surface area contributed by atoms with E-state index >= 15 is 0 Å². The SMILES string of the molecule is CC(C)NC(=O)NC1CCN2C(=O)N(CCCl)C(=O)C2C1. The second kappa shape index (κ2) is 6.51. The Labute approximate surface area is 129 Å². The smallest absolute Gasteiger partial charge is 0.327 e. The van der Waals surface area contributed by atoms with Gasteiger partial charge in [0.1, 0.15) is 6.04 Å². The molecule has 0 aromatic rings. The molecule has 0 saturated carbocycles. The highest BCUT2D eigenvalue weighted by atomic mass is 35.5. The highest BCUT2D eigenvalue weighted by molar-refractivity contribution is 6.18. The van der Waals surface area contributed by atoms with Gasteiger partial charge in [-0.3, -0.25) is 9.69 Å². The van der Waals surface area contributed by atoms with Gasteiger partial charge in [0.05, 0.1) is 0 Å². The minimum absolute atomic E-state index is 0.0546. The number of alkyl halides is 1. The fourth-order valence-corrected chi connectivity index (χ4v) is 2.94. The Morgan fingerprint density at radius 2 is 2.14 bits per heavy atom. The van der Waals surface area contributed by atoms with E-state index in [4.69, 9.17) is 11.6 Å². The van der Waals surface area contributed by atoms with E-state index in [9.17, 15) is 14.4 Å². The third kappa shape index (κ3) is 3.40. The van der Waals surface area contributed by atoms with Crippen LogP contribution in [0.15, 0.2) is 0 Å². The largest absolute Gasteiger partial charge is 0.336 e. The Bertz CT molecular complexity index is 443. The summed E-state index contributed by atoms with van der Waals surface area (Å²) in [4.78, 5) is 38.8. The summed E-state index contributed by atoms with van der Waals surface area (Å²) >= 11 is 5.63. The van der Waals surface area contributed by atoms with Gasteiger partial charge in [-0.15, -0.1) is 11.6 Å². The zero-order chi connectivity index (χ0) is 15.6. The minimum Gasteiger partial charge on any atom is -0.336 e. The number of piperidine rings is 1. The van der Waals surface area contributed by atoms with E-state index < -0.39 is 6.04 Å². The fourth-order valence-electron chi connectivity index (χ4n) is 2.77. The summed E-state index contributed by atoms with van der Waals surface area (Å²) in [7, 11) is 0. The molecule has 0 bridgehead atoms. The zero-order valence-electron chi connectivity index (χ0n) is 12.3. The minimum atomic E-state index is -0.473. The van der Waals surface area contributed by atoms with Crippen molar-refractivity contribution in [2.24, 2.45) is 0 Å². The monoisotopic (exact) mass is 316 g/mol. The van der Waals surface area contributed by atoms with Crippen LogP contribution >= 0.6 is 11.6 Å². The van der Waals surface area contributed by atoms with E-state index in [0.29, 0.717) is 19.4 Å². The Morgan fingerprint density at radius 1 is 1.43 bits per heavy atom. The van der Waals surface area contributed by atoms with Crippen LogP contribution < -0.4 is 10.6 Å². The van der Waals surface area contributed by atoms with Gasteiger partial charge in [-0.2, -0.15) is 0 Å². The molecule has 2 aliphatic rings. The van der Waals surface area contributed by atoms with Crippen LogP contribution in [-0.4, -0.2) is 64.9 Å². The molecule has 2 saturated heterocycles. The number of hydrogen-bond acceptors (Lipinski definition) is 3. The van der Waals surface area contributed by atoms with E-state index in [1.54, 1.807) is 4.90 Å². The van der Waals surface area contributed by atoms with Crippen LogP contribution in [0.1, 0.15) is 26.7 Å². The average molecular weight is 317 g/mol. The summed E-state index contributed by atoms with van der Waals surface area (Å²) in [6, 6.07) is -1.02. The number of fused-ring (bicyclic) bond motifs is 1. The van der Waals surface area contributed by atoms with Crippen molar-refractivity contribution < 1.29 is 14.4 Å². The van der Waals surface area contributed by atoms with Crippen LogP contribution in [0.2, 0.25) is 0 Å². The molecule has 118 valence electrons. The molecular formula is C13H21ClN4O3. The van der Waals surface area contributed by atoms with Crippen LogP contribution in [-0.2, 0) is 4.79 Å². The first-order chi connectivity index (χ1) is 9.93. The molecule has 2 unspecified atom stereocenters. The number of nitrogens with zero attached hydrogens (tertiary/aromatic N) is 2. The number of imide groups is 1. The van der Waals surface area contributed by atoms with E-state index in [0.717, 1.165) is 0 Å². The third-order valence-electron chi connectivity index (χ3n) is 3.69. The number of rotatable bonds is 4. The van der Waals surface area contributed by atoms with Gasteiger partial charge in [0, 0.05) is 31.1 Å². The average Bonchev–Trinajstić information content (AvgIpc) is 2.63. The number of urea groups is 2. The Morgan fingerprint density at radius 3 is 2.76 bits per heavy atom. The number of halogens is 1. The van der Waals surface area contributed by atoms with Crippen molar-refractivity contribution in [2.75, 3.05) is 19.0 Å². The van der Waals surface area contributed by atoms with Crippen LogP contribution in [0.3, 0.4) is 0 Å². The molecule has 2 N–H and O–H groups in total. The summed E-state index contributed by atoms with van der Waals surface area (Å²) in [5, 5.41) is 5.62. The van der Waals surface area contributed by atoms with Gasteiger partial charge in [-0.1, -0.05) is 0 Å². The van der Waals surface area contributed by atoms with Crippen molar-refractivity contribution in [3.05, 3.63) is 0 Å². The first-order valence-corrected chi connectivity index (χ1v) is 7.72. The Balaban J connectivity index is 1.95. The second-order valence-electron chi connectivity index (χ2n) is 5.66. The maximum absolute atomic E-state index is 12.2. The number of carbonyl (C=O) groups is 3. The molecule has 2 aliphatic heterocycles. The summed E-state index contributed by atoms with van der Waals surface area (Å²) in [5.74, 6) is 0.0210. The molecule has 2 atom stereocenters. The van der Waals surface area contributed by atoms with Crippen LogP contribution in [0.5, 0.6) is 0 Å². The molecular weight excluding hydrogens is 296 g/mol. The molecule has 0 aromatic carbocycles. The highest BCUT2D eigenvalue weighted by Gasteiger charge is 2.47. The van der Waals surface area contributed by atoms with Gasteiger partial charge in [-0.25, -0.2) is 9.59 Å². The predicted octanol–water partition coefficient (Wildman–Crippen LogP) is 0.728. The third-order valence-corrected chi connectivity index (χ3v) is 3.86. The molecule has 5 amide bonds. The molecule has 7 nitrogen and oxygen atoms in total. The number of carbonyl (C=O) groups excluding carboxylic acids is 3. The second-order valence-corrected chi connectivity index (χ2v) is 6.04. The van der Waals surface area contributed by atoms with Crippen molar-refractivity contribution in [3.63, 3.8) is 0 Å². The van der Waals surface area contributed by atoms with E-state index in [2.05, 4.69) is 10.6 Å². The fraction of sp³-hybridized carbons (Fsp3) is 0.769. The van der Waals surface area contributed by atoms with Gasteiger partial charge in [0.25, 0.3) is 5.91 Å². The van der Waals surface area contributed by atoms with Gasteiger partial charge in [0.15, 0.2) is 0 Å². The van der Waals surface area contributed by atoms with Crippen molar-refractivity contribution >= 4 is 29.6 Å². The Kier molecular flexibility index (Phi) is 4.92. The molecule has 2 fully saturated rings. The van der Waals surface area contributed by atoms with E-state index in [1.165, 1.54) is 4.90 Å². The van der Waals surface area contributed by atoms with Gasteiger partial charge >= 0.3 is 12.1 Å². The highest BCUT2D eigenvalue weighted by Crippen LogP contribution is 2.26. The zero-order valence-corrected chi connectivity index (χ0v) is 13.0. The molecule has 21 heavy (non-hydrogen) atoms. The lowest BCUT2D eigenvalue weighted by atomic mass is 9.98. The standard InChI is InChI=1S/C13H21ClN4O3/c1-8(2)15-12(20)16-9-3-5-17-10(7-9)11(19)18(6-4-14)13(17)21/h8-10H,3-7H2,1-2H3,(H2,15,16,20). The van der Waals surface area contributed by atoms with E-state index in [1.807, 2.05) is 13.8 Å². The molecule has 2 heterocycles. The number of nitrogens with one attached hydrogen (secondary N) is 2. The molecule has 0 radical (unpaired) electrons. The van der Waals surface area contributed by atoms with Crippen molar-refractivity contribution in [2.45, 2.75) is 44.8 Å². The van der Waals surface area contributed by atoms with Crippen molar-refractivity contribution in [1.29, 1.82) is 0 Å². The first-order valence-electron chi connectivity index (χ1n) is 7.19. The molecule has 0 aliphatic carbocycles. The topological polar surface area (TPSA) is 81.8 Å². The quantitative estimate of drug-likeness (QED) is 0.592. The predicted molar refractivity (Wildman–Crippen MR) is 78.1 cm³/mol. The summed E-state index contributed by atoms with van der Waals surface area (Å²) in [5.41, 5.74) is 0. The maximum Gasteiger partial charge on any atom is 0.327 e. The van der Waals surface area contributed by atoms with E-state index in [-0.39, 0.29) is 42.5 Å². The molecule has 0 spiro atoms. The molecule has 0 aromatic heterocycles. The lowest BCUT2D eigenvalue weighted by molar-refractivity contribution is -0.128. The van der Waals surface area contributed by atoms with Crippen LogP contribution in [0, 0.1) is 0 Å².